The van der Waals surface area contributed by atoms with Crippen LogP contribution in [0.4, 0.5) is 5.69 Å². The first-order chi connectivity index (χ1) is 14.4. The van der Waals surface area contributed by atoms with Crippen molar-refractivity contribution in [3.05, 3.63) is 64.2 Å². The Labute approximate surface area is 175 Å². The molecule has 10 nitrogen and oxygen atoms in total. The first kappa shape index (κ1) is 23.1. The predicted octanol–water partition coefficient (Wildman–Crippen LogP) is 1.64. The summed E-state index contributed by atoms with van der Waals surface area (Å²) in [6.45, 7) is 3.38. The molecule has 0 heterocycles. The molecule has 30 heavy (non-hydrogen) atoms. The lowest BCUT2D eigenvalue weighted by Gasteiger charge is -2.12. The van der Waals surface area contributed by atoms with E-state index in [0.717, 1.165) is 17.4 Å². The van der Waals surface area contributed by atoms with Crippen LogP contribution < -0.4 is 20.1 Å². The van der Waals surface area contributed by atoms with E-state index in [1.165, 1.54) is 18.2 Å². The number of hydrogen-bond donors (Lipinski definition) is 3. The maximum Gasteiger partial charge on any atom is 0.270 e. The molecule has 11 heteroatoms. The first-order valence-electron chi connectivity index (χ1n) is 9.25. The van der Waals surface area contributed by atoms with E-state index in [1.54, 1.807) is 7.11 Å². The Morgan fingerprint density at radius 3 is 2.50 bits per heavy atom. The molecule has 0 saturated carbocycles. The minimum atomic E-state index is -3.86. The first-order valence-corrected chi connectivity index (χ1v) is 10.7. The Balaban J connectivity index is 1.90. The fourth-order valence-electron chi connectivity index (χ4n) is 2.46. The second-order valence-corrected chi connectivity index (χ2v) is 7.89. The lowest BCUT2D eigenvalue weighted by molar-refractivity contribution is -0.385. The Bertz CT molecular complexity index is 977. The van der Waals surface area contributed by atoms with Crippen molar-refractivity contribution >= 4 is 21.7 Å². The third-order valence-electron chi connectivity index (χ3n) is 3.97. The fraction of sp³-hybridized carbons (Fsp3) is 0.316. The highest BCUT2D eigenvalue weighted by molar-refractivity contribution is 7.89. The van der Waals surface area contributed by atoms with E-state index in [4.69, 9.17) is 4.74 Å². The van der Waals surface area contributed by atoms with Crippen LogP contribution in [0.5, 0.6) is 5.75 Å². The van der Waals surface area contributed by atoms with Crippen molar-refractivity contribution in [1.29, 1.82) is 0 Å². The van der Waals surface area contributed by atoms with Crippen molar-refractivity contribution < 1.29 is 18.1 Å². The Morgan fingerprint density at radius 1 is 1.13 bits per heavy atom. The molecule has 0 amide bonds. The molecule has 0 radical (unpaired) electrons. The van der Waals surface area contributed by atoms with Gasteiger partial charge in [0.15, 0.2) is 5.96 Å². The molecule has 2 aromatic rings. The van der Waals surface area contributed by atoms with E-state index in [2.05, 4.69) is 20.3 Å². The average Bonchev–Trinajstić information content (AvgIpc) is 2.75. The number of nitro benzene ring substituents is 1. The number of hydrogen-bond acceptors (Lipinski definition) is 6. The van der Waals surface area contributed by atoms with Crippen LogP contribution in [0.1, 0.15) is 12.5 Å². The maximum atomic E-state index is 12.3. The van der Waals surface area contributed by atoms with Gasteiger partial charge in [0, 0.05) is 31.8 Å². The van der Waals surface area contributed by atoms with Crippen LogP contribution in [0, 0.1) is 10.1 Å². The Kier molecular flexibility index (Phi) is 8.56. The number of non-ortho nitro benzene ring substituents is 1. The maximum absolute atomic E-state index is 12.3. The van der Waals surface area contributed by atoms with E-state index in [0.29, 0.717) is 19.0 Å². The molecule has 0 aliphatic heterocycles. The van der Waals surface area contributed by atoms with Crippen molar-refractivity contribution in [2.75, 3.05) is 26.7 Å². The smallest absolute Gasteiger partial charge is 0.270 e. The fourth-order valence-corrected chi connectivity index (χ4v) is 3.53. The molecule has 0 fully saturated rings. The zero-order valence-corrected chi connectivity index (χ0v) is 17.6. The minimum Gasteiger partial charge on any atom is -0.497 e. The summed E-state index contributed by atoms with van der Waals surface area (Å²) in [5.74, 6) is 1.31. The number of rotatable bonds is 10. The van der Waals surface area contributed by atoms with Gasteiger partial charge in [-0.1, -0.05) is 18.2 Å². The summed E-state index contributed by atoms with van der Waals surface area (Å²) in [5, 5.41) is 17.0. The van der Waals surface area contributed by atoms with E-state index in [-0.39, 0.29) is 23.7 Å². The normalized spacial score (nSPS) is 11.7. The number of nitro groups is 1. The van der Waals surface area contributed by atoms with Crippen LogP contribution in [-0.2, 0) is 16.6 Å². The number of ether oxygens (including phenoxy) is 1. The Morgan fingerprint density at radius 2 is 1.87 bits per heavy atom. The number of sulfonamides is 1. The van der Waals surface area contributed by atoms with E-state index >= 15 is 0 Å². The SMILES string of the molecule is CCNC(=NCc1ccc(OC)cc1)NCCNS(=O)(=O)c1cccc([N+](=O)[O-])c1. The van der Waals surface area contributed by atoms with Gasteiger partial charge in [-0.15, -0.1) is 0 Å². The zero-order chi connectivity index (χ0) is 22.0. The van der Waals surface area contributed by atoms with E-state index < -0.39 is 14.9 Å². The average molecular weight is 436 g/mol. The molecule has 2 aromatic carbocycles. The van der Waals surface area contributed by atoms with Crippen LogP contribution in [0.3, 0.4) is 0 Å². The van der Waals surface area contributed by atoms with Gasteiger partial charge in [-0.2, -0.15) is 0 Å². The van der Waals surface area contributed by atoms with Crippen LogP contribution in [0.2, 0.25) is 0 Å². The molecule has 3 N–H and O–H groups in total. The molecule has 2 rings (SSSR count). The second-order valence-electron chi connectivity index (χ2n) is 6.12. The van der Waals surface area contributed by atoms with Crippen molar-refractivity contribution in [3.8, 4) is 5.75 Å². The molecule has 0 bridgehead atoms. The van der Waals surface area contributed by atoms with Gasteiger partial charge in [-0.3, -0.25) is 10.1 Å². The number of aliphatic imine (C=N–C) groups is 1. The number of methoxy groups -OCH3 is 1. The predicted molar refractivity (Wildman–Crippen MR) is 114 cm³/mol. The summed E-state index contributed by atoms with van der Waals surface area (Å²) in [5.41, 5.74) is 0.718. The summed E-state index contributed by atoms with van der Waals surface area (Å²) in [6.07, 6.45) is 0. The number of nitrogens with zero attached hydrogens (tertiary/aromatic N) is 2. The van der Waals surface area contributed by atoms with Gasteiger partial charge in [0.25, 0.3) is 5.69 Å². The van der Waals surface area contributed by atoms with Crippen molar-refractivity contribution in [2.24, 2.45) is 4.99 Å². The van der Waals surface area contributed by atoms with E-state index in [1.807, 2.05) is 31.2 Å². The third-order valence-corrected chi connectivity index (χ3v) is 5.43. The number of guanidine groups is 1. The van der Waals surface area contributed by atoms with Gasteiger partial charge in [0.2, 0.25) is 10.0 Å². The molecule has 0 aliphatic carbocycles. The highest BCUT2D eigenvalue weighted by Crippen LogP contribution is 2.17. The van der Waals surface area contributed by atoms with Gasteiger partial charge < -0.3 is 15.4 Å². The number of nitrogens with one attached hydrogen (secondary N) is 3. The van der Waals surface area contributed by atoms with Gasteiger partial charge in [0.05, 0.1) is 23.5 Å². The summed E-state index contributed by atoms with van der Waals surface area (Å²) in [4.78, 5) is 14.5. The molecule has 0 aromatic heterocycles. The molecule has 0 aliphatic rings. The monoisotopic (exact) mass is 435 g/mol. The van der Waals surface area contributed by atoms with Crippen molar-refractivity contribution in [1.82, 2.24) is 15.4 Å². The van der Waals surface area contributed by atoms with E-state index in [9.17, 15) is 18.5 Å². The number of benzene rings is 2. The molecule has 0 atom stereocenters. The summed E-state index contributed by atoms with van der Waals surface area (Å²) in [6, 6.07) is 12.4. The molecule has 0 unspecified atom stereocenters. The standard InChI is InChI=1S/C19H25N5O5S/c1-3-20-19(22-14-15-7-9-17(29-2)10-8-15)21-11-12-23-30(27,28)18-6-4-5-16(13-18)24(25)26/h4-10,13,23H,3,11-12,14H2,1-2H3,(H2,20,21,22). The van der Waals surface area contributed by atoms with Crippen molar-refractivity contribution in [2.45, 2.75) is 18.4 Å². The van der Waals surface area contributed by atoms with Gasteiger partial charge >= 0.3 is 0 Å². The van der Waals surface area contributed by atoms with Gasteiger partial charge in [-0.25, -0.2) is 18.1 Å². The lowest BCUT2D eigenvalue weighted by atomic mass is 10.2. The summed E-state index contributed by atoms with van der Waals surface area (Å²) in [7, 11) is -2.25. The Hall–Kier alpha value is -3.18. The lowest BCUT2D eigenvalue weighted by Crippen LogP contribution is -2.41. The van der Waals surface area contributed by atoms with Crippen molar-refractivity contribution in [3.63, 3.8) is 0 Å². The summed E-state index contributed by atoms with van der Waals surface area (Å²) >= 11 is 0. The largest absolute Gasteiger partial charge is 0.497 e. The molecule has 0 saturated heterocycles. The van der Waals surface area contributed by atoms with Gasteiger partial charge in [0.1, 0.15) is 5.75 Å². The highest BCUT2D eigenvalue weighted by Gasteiger charge is 2.17. The van der Waals surface area contributed by atoms with Crippen LogP contribution in [-0.4, -0.2) is 46.0 Å². The third kappa shape index (κ3) is 7.01. The van der Waals surface area contributed by atoms with Crippen LogP contribution in [0.25, 0.3) is 0 Å². The summed E-state index contributed by atoms with van der Waals surface area (Å²) < 4.78 is 32.2. The quantitative estimate of drug-likeness (QED) is 0.170. The highest BCUT2D eigenvalue weighted by atomic mass is 32.2. The van der Waals surface area contributed by atoms with Gasteiger partial charge in [-0.05, 0) is 30.7 Å². The minimum absolute atomic E-state index is 0.0813. The molecular formula is C19H25N5O5S. The van der Waals surface area contributed by atoms with Crippen LogP contribution >= 0.6 is 0 Å². The zero-order valence-electron chi connectivity index (χ0n) is 16.8. The second kappa shape index (κ2) is 11.1. The molecular weight excluding hydrogens is 410 g/mol. The van der Waals surface area contributed by atoms with Crippen LogP contribution in [0.15, 0.2) is 58.4 Å². The molecule has 162 valence electrons. The molecule has 0 spiro atoms. The topological polar surface area (TPSA) is 135 Å².